The Morgan fingerprint density at radius 2 is 1.34 bits per heavy atom. The highest BCUT2D eigenvalue weighted by molar-refractivity contribution is 5.87. The molecule has 2 N–H and O–H groups in total. The van der Waals surface area contributed by atoms with Crippen LogP contribution < -0.4 is 0 Å². The maximum Gasteiger partial charge on any atom is 0.333 e. The lowest BCUT2D eigenvalue weighted by Gasteiger charge is -2.14. The lowest BCUT2D eigenvalue weighted by molar-refractivity contribution is -0.141. The summed E-state index contributed by atoms with van der Waals surface area (Å²) < 4.78 is 9.15. The molecule has 2 aliphatic heterocycles. The molecule has 0 atom stereocenters. The zero-order valence-electron chi connectivity index (χ0n) is 19.7. The van der Waals surface area contributed by atoms with E-state index < -0.39 is 5.97 Å². The Bertz CT molecular complexity index is 633. The zero-order chi connectivity index (χ0) is 25.1. The first-order valence-electron chi connectivity index (χ1n) is 10.3. The van der Waals surface area contributed by atoms with Crippen molar-refractivity contribution < 1.29 is 38.9 Å². The number of methoxy groups -OCH3 is 1. The number of carbonyl (C=O) groups excluding carboxylic acids is 4. The molecule has 32 heavy (non-hydrogen) atoms. The molecular weight excluding hydrogens is 420 g/mol. The average molecular weight is 459 g/mol. The summed E-state index contributed by atoms with van der Waals surface area (Å²) >= 11 is 0. The number of aliphatic hydroxyl groups is 2. The molecule has 2 aliphatic rings. The predicted octanol–water partition coefficient (Wildman–Crippen LogP) is 0.673. The van der Waals surface area contributed by atoms with Crippen molar-refractivity contribution in [3.8, 4) is 0 Å². The van der Waals surface area contributed by atoms with Gasteiger partial charge in [-0.15, -0.1) is 0 Å². The number of β-amino-alcohol motifs (C(OH)–C–C–N with tert-alkyl or cyclic N) is 1. The third kappa shape index (κ3) is 14.3. The van der Waals surface area contributed by atoms with Gasteiger partial charge in [0.15, 0.2) is 0 Å². The van der Waals surface area contributed by atoms with Gasteiger partial charge in [-0.3, -0.25) is 9.59 Å². The van der Waals surface area contributed by atoms with Crippen molar-refractivity contribution in [1.82, 2.24) is 9.80 Å². The van der Waals surface area contributed by atoms with E-state index in [1.807, 2.05) is 0 Å². The summed E-state index contributed by atoms with van der Waals surface area (Å²) in [4.78, 5) is 46.5. The summed E-state index contributed by atoms with van der Waals surface area (Å²) in [7, 11) is 2.33. The van der Waals surface area contributed by atoms with E-state index >= 15 is 0 Å². The molecule has 2 fully saturated rings. The lowest BCUT2D eigenvalue weighted by atomic mass is 10.4. The Hall–Kier alpha value is -2.72. The first-order valence-corrected chi connectivity index (χ1v) is 10.3. The van der Waals surface area contributed by atoms with Gasteiger partial charge in [-0.05, 0) is 26.7 Å². The van der Waals surface area contributed by atoms with Crippen LogP contribution in [0.4, 0.5) is 0 Å². The Labute approximate surface area is 190 Å². The topological polar surface area (TPSA) is 134 Å². The third-order valence-corrected chi connectivity index (χ3v) is 4.19. The molecule has 2 amide bonds. The summed E-state index contributed by atoms with van der Waals surface area (Å²) in [5, 5.41) is 15.5. The summed E-state index contributed by atoms with van der Waals surface area (Å²) in [5.74, 6) is -0.405. The highest BCUT2D eigenvalue weighted by Gasteiger charge is 2.20. The summed E-state index contributed by atoms with van der Waals surface area (Å²) in [5.41, 5.74) is 0.820. The molecule has 0 saturated carbocycles. The van der Waals surface area contributed by atoms with E-state index in [0.29, 0.717) is 37.1 Å². The van der Waals surface area contributed by atoms with Crippen LogP contribution in [0, 0.1) is 0 Å². The van der Waals surface area contributed by atoms with E-state index in [-0.39, 0.29) is 31.0 Å². The van der Waals surface area contributed by atoms with Crippen LogP contribution in [0.2, 0.25) is 0 Å². The average Bonchev–Trinajstić information content (AvgIpc) is 3.37. The molecular formula is C22H38N2O8. The van der Waals surface area contributed by atoms with Crippen LogP contribution in [0.5, 0.6) is 0 Å². The SMILES string of the molecule is C=C(C)C(=O)OC.C=C(C)C(=O)OCCN1CCCC1=O.CO.O=C1CCCN1CCO. The Kier molecular flexibility index (Phi) is 18.7. The third-order valence-electron chi connectivity index (χ3n) is 4.19. The number of ether oxygens (including phenoxy) is 2. The number of rotatable bonds is 7. The van der Waals surface area contributed by atoms with Crippen molar-refractivity contribution in [2.24, 2.45) is 0 Å². The maximum absolute atomic E-state index is 11.2. The monoisotopic (exact) mass is 458 g/mol. The molecule has 0 bridgehead atoms. The molecule has 10 nitrogen and oxygen atoms in total. The quantitative estimate of drug-likeness (QED) is 0.420. The van der Waals surface area contributed by atoms with E-state index in [2.05, 4.69) is 17.9 Å². The maximum atomic E-state index is 11.2. The first-order chi connectivity index (χ1) is 15.1. The number of nitrogens with zero attached hydrogens (tertiary/aromatic N) is 2. The minimum atomic E-state index is -0.392. The van der Waals surface area contributed by atoms with Crippen molar-refractivity contribution in [3.63, 3.8) is 0 Å². The number of hydrogen-bond donors (Lipinski definition) is 2. The second-order valence-electron chi connectivity index (χ2n) is 6.88. The van der Waals surface area contributed by atoms with Crippen molar-refractivity contribution in [3.05, 3.63) is 24.3 Å². The van der Waals surface area contributed by atoms with Gasteiger partial charge in [-0.2, -0.15) is 0 Å². The number of aliphatic hydroxyl groups excluding tert-OH is 2. The molecule has 0 aromatic heterocycles. The van der Waals surface area contributed by atoms with Crippen LogP contribution in [0.3, 0.4) is 0 Å². The van der Waals surface area contributed by atoms with Gasteiger partial charge < -0.3 is 29.5 Å². The molecule has 0 unspecified atom stereocenters. The molecule has 2 saturated heterocycles. The van der Waals surface area contributed by atoms with Crippen molar-refractivity contribution in [2.75, 3.05) is 53.6 Å². The molecule has 184 valence electrons. The molecule has 2 heterocycles. The van der Waals surface area contributed by atoms with Crippen LogP contribution in [0.15, 0.2) is 24.3 Å². The van der Waals surface area contributed by atoms with E-state index in [9.17, 15) is 19.2 Å². The van der Waals surface area contributed by atoms with Crippen molar-refractivity contribution in [1.29, 1.82) is 0 Å². The molecule has 0 aliphatic carbocycles. The summed E-state index contributed by atoms with van der Waals surface area (Å²) in [6.45, 7) is 13.0. The smallest absolute Gasteiger partial charge is 0.333 e. The molecule has 0 radical (unpaired) electrons. The van der Waals surface area contributed by atoms with Crippen LogP contribution in [0.1, 0.15) is 39.5 Å². The standard InChI is InChI=1S/C10H15NO3.C6H11NO2.C5H8O2.CH4O/c1-8(2)10(13)14-7-6-11-5-3-4-9(11)12;8-5-4-7-3-1-2-6(7)9;1-4(2)5(6)7-3;1-2/h1,3-7H2,2H3;8H,1-5H2;1H2,2-3H3;2H,1H3. The highest BCUT2D eigenvalue weighted by Crippen LogP contribution is 2.09. The Balaban J connectivity index is 0. The van der Waals surface area contributed by atoms with Crippen molar-refractivity contribution >= 4 is 23.8 Å². The minimum Gasteiger partial charge on any atom is -0.466 e. The fourth-order valence-corrected chi connectivity index (χ4v) is 2.55. The molecule has 0 spiro atoms. The van der Waals surface area contributed by atoms with Crippen LogP contribution in [-0.4, -0.2) is 97.4 Å². The van der Waals surface area contributed by atoms with Crippen LogP contribution in [0.25, 0.3) is 0 Å². The molecule has 10 heteroatoms. The van der Waals surface area contributed by atoms with E-state index in [1.54, 1.807) is 23.6 Å². The Morgan fingerprint density at radius 3 is 1.62 bits per heavy atom. The predicted molar refractivity (Wildman–Crippen MR) is 119 cm³/mol. The lowest BCUT2D eigenvalue weighted by Crippen LogP contribution is -2.29. The highest BCUT2D eigenvalue weighted by atomic mass is 16.5. The fraction of sp³-hybridized carbons (Fsp3) is 0.636. The molecule has 2 rings (SSSR count). The van der Waals surface area contributed by atoms with Gasteiger partial charge in [-0.1, -0.05) is 13.2 Å². The second kappa shape index (κ2) is 19.0. The number of likely N-dealkylation sites (tertiary alicyclic amines) is 2. The van der Waals surface area contributed by atoms with E-state index in [1.165, 1.54) is 7.11 Å². The number of hydrogen-bond acceptors (Lipinski definition) is 8. The number of carbonyl (C=O) groups is 4. The number of amides is 2. The van der Waals surface area contributed by atoms with Gasteiger partial charge in [-0.25, -0.2) is 9.59 Å². The van der Waals surface area contributed by atoms with Crippen LogP contribution >= 0.6 is 0 Å². The summed E-state index contributed by atoms with van der Waals surface area (Å²) in [6.07, 6.45) is 3.15. The molecule has 0 aromatic carbocycles. The van der Waals surface area contributed by atoms with Crippen molar-refractivity contribution in [2.45, 2.75) is 39.5 Å². The van der Waals surface area contributed by atoms with Gasteiger partial charge >= 0.3 is 11.9 Å². The minimum absolute atomic E-state index is 0.0890. The van der Waals surface area contributed by atoms with Gasteiger partial charge in [0.2, 0.25) is 11.8 Å². The Morgan fingerprint density at radius 1 is 0.906 bits per heavy atom. The van der Waals surface area contributed by atoms with Gasteiger partial charge in [0.05, 0.1) is 20.3 Å². The largest absolute Gasteiger partial charge is 0.466 e. The molecule has 0 aromatic rings. The van der Waals surface area contributed by atoms with Gasteiger partial charge in [0, 0.05) is 50.7 Å². The zero-order valence-corrected chi connectivity index (χ0v) is 19.7. The van der Waals surface area contributed by atoms with Gasteiger partial charge in [0.1, 0.15) is 6.61 Å². The van der Waals surface area contributed by atoms with Crippen LogP contribution in [-0.2, 0) is 28.7 Å². The first kappa shape index (κ1) is 31.5. The summed E-state index contributed by atoms with van der Waals surface area (Å²) in [6, 6.07) is 0. The fourth-order valence-electron chi connectivity index (χ4n) is 2.55. The number of esters is 2. The normalized spacial score (nSPS) is 14.2. The van der Waals surface area contributed by atoms with E-state index in [0.717, 1.165) is 33.0 Å². The van der Waals surface area contributed by atoms with E-state index in [4.69, 9.17) is 14.9 Å². The van der Waals surface area contributed by atoms with Gasteiger partial charge in [0.25, 0.3) is 0 Å². The second-order valence-corrected chi connectivity index (χ2v) is 6.88.